The Balaban J connectivity index is 1.46. The van der Waals surface area contributed by atoms with Crippen molar-refractivity contribution < 1.29 is 4.79 Å². The molecule has 0 saturated heterocycles. The van der Waals surface area contributed by atoms with Crippen molar-refractivity contribution in [1.82, 2.24) is 29.1 Å². The van der Waals surface area contributed by atoms with Crippen LogP contribution in [0.3, 0.4) is 0 Å². The number of hydrogen-bond donors (Lipinski definition) is 0. The Morgan fingerprint density at radius 1 is 1.11 bits per heavy atom. The normalized spacial score (nSPS) is 19.4. The van der Waals surface area contributed by atoms with Crippen LogP contribution in [0, 0.1) is 5.41 Å². The van der Waals surface area contributed by atoms with E-state index in [9.17, 15) is 4.79 Å². The van der Waals surface area contributed by atoms with Gasteiger partial charge in [-0.05, 0) is 55.7 Å². The van der Waals surface area contributed by atoms with Crippen LogP contribution in [-0.2, 0) is 0 Å². The smallest absolute Gasteiger partial charge is 0.257 e. The van der Waals surface area contributed by atoms with Crippen LogP contribution in [0.25, 0.3) is 11.2 Å². The molecule has 1 atom stereocenters. The van der Waals surface area contributed by atoms with Gasteiger partial charge >= 0.3 is 0 Å². The predicted octanol–water partition coefficient (Wildman–Crippen LogP) is 6.05. The van der Waals surface area contributed by atoms with Gasteiger partial charge in [0.05, 0.1) is 18.6 Å². The summed E-state index contributed by atoms with van der Waals surface area (Å²) in [6.07, 6.45) is 24.5. The van der Waals surface area contributed by atoms with Crippen LogP contribution in [0.15, 0.2) is 96.3 Å². The molecule has 0 aliphatic heterocycles. The number of nitrogens with zero attached hydrogens (tertiary/aromatic N) is 6. The average molecular weight is 469 g/mol. The van der Waals surface area contributed by atoms with Crippen molar-refractivity contribution in [2.24, 2.45) is 5.41 Å². The molecule has 4 rings (SSSR count). The first-order chi connectivity index (χ1) is 16.8. The lowest BCUT2D eigenvalue weighted by Gasteiger charge is -2.37. The number of aromatic nitrogens is 6. The van der Waals surface area contributed by atoms with Gasteiger partial charge in [-0.2, -0.15) is 0 Å². The van der Waals surface area contributed by atoms with E-state index in [1.54, 1.807) is 12.3 Å². The van der Waals surface area contributed by atoms with Crippen molar-refractivity contribution >= 4 is 17.1 Å². The summed E-state index contributed by atoms with van der Waals surface area (Å²) in [5.41, 5.74) is 5.99. The van der Waals surface area contributed by atoms with Crippen LogP contribution < -0.4 is 0 Å². The fourth-order valence-electron chi connectivity index (χ4n) is 4.61. The molecule has 35 heavy (non-hydrogen) atoms. The average Bonchev–Trinajstić information content (AvgIpc) is 3.49. The lowest BCUT2D eigenvalue weighted by molar-refractivity contribution is 0.0972. The topological polar surface area (TPSA) is 78.5 Å². The summed E-state index contributed by atoms with van der Waals surface area (Å²) in [4.78, 5) is 29.1. The summed E-state index contributed by atoms with van der Waals surface area (Å²) >= 11 is 0. The van der Waals surface area contributed by atoms with Gasteiger partial charge in [0.1, 0.15) is 18.2 Å². The van der Waals surface area contributed by atoms with Crippen LogP contribution in [0.5, 0.6) is 0 Å². The van der Waals surface area contributed by atoms with Crippen LogP contribution in [-0.4, -0.2) is 35.0 Å². The largest absolute Gasteiger partial charge is 0.330 e. The third-order valence-corrected chi connectivity index (χ3v) is 6.61. The Labute approximate surface area is 206 Å². The Hall–Kier alpha value is -3.87. The minimum absolute atomic E-state index is 0.135. The van der Waals surface area contributed by atoms with Gasteiger partial charge in [-0.15, -0.1) is 0 Å². The molecule has 3 aromatic heterocycles. The lowest BCUT2D eigenvalue weighted by Crippen LogP contribution is -2.25. The summed E-state index contributed by atoms with van der Waals surface area (Å²) in [5.74, 6) is -0.191. The Morgan fingerprint density at radius 2 is 1.94 bits per heavy atom. The molecule has 0 bridgehead atoms. The van der Waals surface area contributed by atoms with Gasteiger partial charge in [0.15, 0.2) is 5.65 Å². The van der Waals surface area contributed by atoms with Crippen molar-refractivity contribution in [3.05, 3.63) is 96.3 Å². The first-order valence-electron chi connectivity index (χ1n) is 11.8. The van der Waals surface area contributed by atoms with Crippen molar-refractivity contribution in [3.8, 4) is 0 Å². The molecule has 0 saturated carbocycles. The van der Waals surface area contributed by atoms with Gasteiger partial charge in [0, 0.05) is 18.5 Å². The quantitative estimate of drug-likeness (QED) is 0.325. The fraction of sp³-hybridized carbons (Fsp3) is 0.321. The van der Waals surface area contributed by atoms with Crippen molar-refractivity contribution in [2.45, 2.75) is 53.5 Å². The molecule has 1 unspecified atom stereocenters. The second-order valence-corrected chi connectivity index (χ2v) is 9.72. The van der Waals surface area contributed by atoms with Crippen LogP contribution >= 0.6 is 0 Å². The lowest BCUT2D eigenvalue weighted by atomic mass is 9.71. The molecule has 180 valence electrons. The summed E-state index contributed by atoms with van der Waals surface area (Å²) in [6, 6.07) is 0.360. The van der Waals surface area contributed by atoms with Gasteiger partial charge in [-0.3, -0.25) is 4.79 Å². The van der Waals surface area contributed by atoms with E-state index in [1.165, 1.54) is 28.4 Å². The molecule has 0 radical (unpaired) electrons. The number of hydrogen-bond acceptors (Lipinski definition) is 5. The Morgan fingerprint density at radius 3 is 2.71 bits per heavy atom. The SMILES string of the molecule is CC1=C(/C=C/C(C)=C/C=C/C(C)=C/C(=O)n2cnc3cncnc32)C(C)(C)CCC1n1ccnc1. The number of imidazole rings is 2. The van der Waals surface area contributed by atoms with E-state index in [0.717, 1.165) is 24.0 Å². The molecule has 0 amide bonds. The highest BCUT2D eigenvalue weighted by Gasteiger charge is 2.32. The van der Waals surface area contributed by atoms with Crippen LogP contribution in [0.1, 0.15) is 58.3 Å². The Bertz CT molecular complexity index is 1370. The number of allylic oxidation sites excluding steroid dienone is 10. The molecule has 3 heterocycles. The van der Waals surface area contributed by atoms with E-state index in [1.807, 2.05) is 37.8 Å². The van der Waals surface area contributed by atoms with Crippen LogP contribution in [0.2, 0.25) is 0 Å². The molecule has 0 spiro atoms. The monoisotopic (exact) mass is 468 g/mol. The van der Waals surface area contributed by atoms with Gasteiger partial charge in [-0.1, -0.05) is 49.8 Å². The molecule has 1 aliphatic carbocycles. The van der Waals surface area contributed by atoms with E-state index in [4.69, 9.17) is 0 Å². The zero-order valence-corrected chi connectivity index (χ0v) is 21.0. The van der Waals surface area contributed by atoms with E-state index in [0.29, 0.717) is 17.2 Å². The second-order valence-electron chi connectivity index (χ2n) is 9.72. The molecule has 0 N–H and O–H groups in total. The van der Waals surface area contributed by atoms with Crippen molar-refractivity contribution in [2.75, 3.05) is 0 Å². The predicted molar refractivity (Wildman–Crippen MR) is 139 cm³/mol. The fourth-order valence-corrected chi connectivity index (χ4v) is 4.61. The van der Waals surface area contributed by atoms with Crippen molar-refractivity contribution in [3.63, 3.8) is 0 Å². The van der Waals surface area contributed by atoms with E-state index in [-0.39, 0.29) is 11.3 Å². The number of carbonyl (C=O) groups excluding carboxylic acids is 1. The summed E-state index contributed by atoms with van der Waals surface area (Å²) in [6.45, 7) is 10.9. The maximum atomic E-state index is 12.6. The molecular formula is C28H32N6O. The summed E-state index contributed by atoms with van der Waals surface area (Å²) in [5, 5.41) is 0. The molecule has 0 fully saturated rings. The van der Waals surface area contributed by atoms with Crippen molar-refractivity contribution in [1.29, 1.82) is 0 Å². The number of fused-ring (bicyclic) bond motifs is 1. The van der Waals surface area contributed by atoms with Gasteiger partial charge in [0.25, 0.3) is 5.91 Å². The zero-order valence-electron chi connectivity index (χ0n) is 21.0. The highest BCUT2D eigenvalue weighted by molar-refractivity contribution is 5.96. The minimum Gasteiger partial charge on any atom is -0.330 e. The standard InChI is InChI=1S/C28H32N6O/c1-20(9-10-23-22(3)25(11-12-28(23,4)5)33-14-13-29-18-33)7-6-8-21(2)15-26(35)34-19-32-24-16-30-17-31-27(24)34/h6-10,13-19,25H,11-12H2,1-5H3/b8-6+,10-9+,20-7+,21-15+. The first kappa shape index (κ1) is 24.3. The Kier molecular flexibility index (Phi) is 7.05. The molecule has 1 aliphatic rings. The third-order valence-electron chi connectivity index (χ3n) is 6.61. The number of carbonyl (C=O) groups is 1. The molecule has 7 nitrogen and oxygen atoms in total. The minimum atomic E-state index is -0.191. The molecule has 7 heteroatoms. The molecular weight excluding hydrogens is 436 g/mol. The van der Waals surface area contributed by atoms with E-state index < -0.39 is 0 Å². The second kappa shape index (κ2) is 10.2. The molecule has 3 aromatic rings. The zero-order chi connectivity index (χ0) is 25.0. The highest BCUT2D eigenvalue weighted by Crippen LogP contribution is 2.45. The maximum absolute atomic E-state index is 12.6. The van der Waals surface area contributed by atoms with Gasteiger partial charge in [0.2, 0.25) is 0 Å². The molecule has 0 aromatic carbocycles. The van der Waals surface area contributed by atoms with Gasteiger partial charge in [-0.25, -0.2) is 24.5 Å². The number of rotatable bonds is 6. The third kappa shape index (κ3) is 5.45. The first-order valence-corrected chi connectivity index (χ1v) is 11.8. The van der Waals surface area contributed by atoms with E-state index >= 15 is 0 Å². The van der Waals surface area contributed by atoms with E-state index in [2.05, 4.69) is 70.4 Å². The van der Waals surface area contributed by atoms with Gasteiger partial charge < -0.3 is 4.57 Å². The summed E-state index contributed by atoms with van der Waals surface area (Å²) < 4.78 is 3.64. The maximum Gasteiger partial charge on any atom is 0.257 e. The highest BCUT2D eigenvalue weighted by atomic mass is 16.2. The van der Waals surface area contributed by atoms with Crippen LogP contribution in [0.4, 0.5) is 0 Å². The summed E-state index contributed by atoms with van der Waals surface area (Å²) in [7, 11) is 0.